The van der Waals surface area contributed by atoms with E-state index >= 15 is 0 Å². The van der Waals surface area contributed by atoms with Crippen molar-refractivity contribution in [3.63, 3.8) is 0 Å². The molecule has 0 amide bonds. The van der Waals surface area contributed by atoms with E-state index in [9.17, 15) is 4.79 Å². The van der Waals surface area contributed by atoms with E-state index < -0.39 is 0 Å². The Morgan fingerprint density at radius 1 is 1.38 bits per heavy atom. The van der Waals surface area contributed by atoms with Gasteiger partial charge in [0.2, 0.25) is 0 Å². The van der Waals surface area contributed by atoms with Gasteiger partial charge in [-0.1, -0.05) is 24.9 Å². The quantitative estimate of drug-likeness (QED) is 0.710. The van der Waals surface area contributed by atoms with Gasteiger partial charge in [0.25, 0.3) is 0 Å². The van der Waals surface area contributed by atoms with Crippen molar-refractivity contribution in [3.8, 4) is 0 Å². The molecule has 0 saturated heterocycles. The van der Waals surface area contributed by atoms with E-state index in [0.29, 0.717) is 10.1 Å². The number of rotatable bonds is 3. The van der Waals surface area contributed by atoms with Gasteiger partial charge >= 0.3 is 0 Å². The average molecular weight is 257 g/mol. The highest BCUT2D eigenvalue weighted by Crippen LogP contribution is 2.34. The van der Waals surface area contributed by atoms with Gasteiger partial charge in [-0.3, -0.25) is 4.79 Å². The summed E-state index contributed by atoms with van der Waals surface area (Å²) in [4.78, 5) is 13.0. The number of carbonyl (C=O) groups is 1. The van der Waals surface area contributed by atoms with Crippen LogP contribution in [0, 0.1) is 11.8 Å². The van der Waals surface area contributed by atoms with E-state index in [4.69, 9.17) is 11.6 Å². The smallest absolute Gasteiger partial charge is 0.175 e. The zero-order chi connectivity index (χ0) is 11.5. The Bertz CT molecular complexity index is 364. The molecule has 0 aliphatic heterocycles. The molecule has 1 aliphatic rings. The summed E-state index contributed by atoms with van der Waals surface area (Å²) in [6.45, 7) is 2.24. The van der Waals surface area contributed by atoms with Gasteiger partial charge in [-0.25, -0.2) is 0 Å². The van der Waals surface area contributed by atoms with E-state index in [1.54, 1.807) is 0 Å². The van der Waals surface area contributed by atoms with Crippen LogP contribution in [-0.2, 0) is 0 Å². The molecule has 1 fully saturated rings. The average Bonchev–Trinajstić information content (AvgIpc) is 2.75. The number of carbonyl (C=O) groups excluding carboxylic acids is 1. The summed E-state index contributed by atoms with van der Waals surface area (Å²) >= 11 is 7.27. The molecule has 1 nitrogen and oxygen atoms in total. The normalized spacial score (nSPS) is 25.6. The van der Waals surface area contributed by atoms with Gasteiger partial charge in [0.05, 0.1) is 9.21 Å². The van der Waals surface area contributed by atoms with Crippen LogP contribution in [0.5, 0.6) is 0 Å². The van der Waals surface area contributed by atoms with Gasteiger partial charge < -0.3 is 0 Å². The maximum absolute atomic E-state index is 12.2. The molecule has 0 atom stereocenters. The van der Waals surface area contributed by atoms with Crippen LogP contribution in [-0.4, -0.2) is 5.78 Å². The van der Waals surface area contributed by atoms with Crippen LogP contribution in [0.25, 0.3) is 0 Å². The first kappa shape index (κ1) is 12.1. The summed E-state index contributed by atoms with van der Waals surface area (Å²) in [5.41, 5.74) is 0. The first-order valence-corrected chi connectivity index (χ1v) is 7.19. The predicted molar refractivity (Wildman–Crippen MR) is 69.4 cm³/mol. The molecule has 0 unspecified atom stereocenters. The first-order valence-electron chi connectivity index (χ1n) is 6.00. The van der Waals surface area contributed by atoms with Crippen molar-refractivity contribution in [1.29, 1.82) is 0 Å². The topological polar surface area (TPSA) is 17.1 Å². The Balaban J connectivity index is 1.96. The van der Waals surface area contributed by atoms with Gasteiger partial charge in [-0.15, -0.1) is 11.3 Å². The third-order valence-corrected chi connectivity index (χ3v) is 4.86. The second kappa shape index (κ2) is 5.33. The van der Waals surface area contributed by atoms with E-state index in [-0.39, 0.29) is 5.92 Å². The number of thiophene rings is 1. The fourth-order valence-corrected chi connectivity index (χ4v) is 3.54. The lowest BCUT2D eigenvalue weighted by Crippen LogP contribution is -2.21. The zero-order valence-corrected chi connectivity index (χ0v) is 11.1. The SMILES string of the molecule is CCC1CCC(C(=O)c2ccc(Cl)s2)CC1. The van der Waals surface area contributed by atoms with Gasteiger partial charge in [-0.2, -0.15) is 0 Å². The van der Waals surface area contributed by atoms with Crippen molar-refractivity contribution < 1.29 is 4.79 Å². The van der Waals surface area contributed by atoms with Gasteiger partial charge in [-0.05, 0) is 43.7 Å². The maximum Gasteiger partial charge on any atom is 0.175 e. The van der Waals surface area contributed by atoms with E-state index in [0.717, 1.165) is 23.6 Å². The molecule has 1 aromatic heterocycles. The summed E-state index contributed by atoms with van der Waals surface area (Å²) in [6.07, 6.45) is 5.81. The van der Waals surface area contributed by atoms with Gasteiger partial charge in [0, 0.05) is 5.92 Å². The minimum absolute atomic E-state index is 0.248. The van der Waals surface area contributed by atoms with Crippen molar-refractivity contribution in [3.05, 3.63) is 21.3 Å². The van der Waals surface area contributed by atoms with Gasteiger partial charge in [0.1, 0.15) is 0 Å². The number of hydrogen-bond donors (Lipinski definition) is 0. The van der Waals surface area contributed by atoms with Crippen molar-refractivity contribution >= 4 is 28.7 Å². The largest absolute Gasteiger partial charge is 0.293 e. The van der Waals surface area contributed by atoms with E-state index in [1.807, 2.05) is 12.1 Å². The second-order valence-corrected chi connectivity index (χ2v) is 6.31. The van der Waals surface area contributed by atoms with Crippen LogP contribution in [0.2, 0.25) is 4.34 Å². The fraction of sp³-hybridized carbons (Fsp3) is 0.615. The van der Waals surface area contributed by atoms with E-state index in [2.05, 4.69) is 6.92 Å². The Kier molecular flexibility index (Phi) is 4.04. The lowest BCUT2D eigenvalue weighted by molar-refractivity contribution is 0.0875. The molecule has 0 aromatic carbocycles. The van der Waals surface area contributed by atoms with Crippen molar-refractivity contribution in [2.45, 2.75) is 39.0 Å². The minimum Gasteiger partial charge on any atom is -0.293 e. The molecule has 16 heavy (non-hydrogen) atoms. The molecule has 0 bridgehead atoms. The molecular weight excluding hydrogens is 240 g/mol. The highest BCUT2D eigenvalue weighted by Gasteiger charge is 2.26. The highest BCUT2D eigenvalue weighted by atomic mass is 35.5. The third kappa shape index (κ3) is 2.67. The van der Waals surface area contributed by atoms with Crippen molar-refractivity contribution in [1.82, 2.24) is 0 Å². The van der Waals surface area contributed by atoms with Crippen LogP contribution >= 0.6 is 22.9 Å². The van der Waals surface area contributed by atoms with Crippen molar-refractivity contribution in [2.75, 3.05) is 0 Å². The standard InChI is InChI=1S/C13H17ClOS/c1-2-9-3-5-10(6-4-9)13(15)11-7-8-12(14)16-11/h7-10H,2-6H2,1H3. The molecule has 3 heteroatoms. The maximum atomic E-state index is 12.2. The Labute approximate surface area is 106 Å². The Morgan fingerprint density at radius 3 is 2.56 bits per heavy atom. The summed E-state index contributed by atoms with van der Waals surface area (Å²) in [7, 11) is 0. The van der Waals surface area contributed by atoms with Crippen molar-refractivity contribution in [2.24, 2.45) is 11.8 Å². The number of ketones is 1. The molecule has 1 saturated carbocycles. The molecule has 2 rings (SSSR count). The second-order valence-electron chi connectivity index (χ2n) is 4.59. The molecule has 1 heterocycles. The molecule has 0 radical (unpaired) electrons. The monoisotopic (exact) mass is 256 g/mol. The third-order valence-electron chi connectivity index (χ3n) is 3.61. The number of Topliss-reactive ketones (excluding diaryl/α,β-unsaturated/α-hetero) is 1. The van der Waals surface area contributed by atoms with Crippen LogP contribution in [0.3, 0.4) is 0 Å². The Morgan fingerprint density at radius 2 is 2.06 bits per heavy atom. The van der Waals surface area contributed by atoms with Crippen LogP contribution in [0.4, 0.5) is 0 Å². The summed E-state index contributed by atoms with van der Waals surface area (Å²) in [5.74, 6) is 1.40. The van der Waals surface area contributed by atoms with Crippen LogP contribution in [0.15, 0.2) is 12.1 Å². The number of halogens is 1. The van der Waals surface area contributed by atoms with Crippen LogP contribution in [0.1, 0.15) is 48.7 Å². The van der Waals surface area contributed by atoms with Crippen LogP contribution < -0.4 is 0 Å². The minimum atomic E-state index is 0.248. The summed E-state index contributed by atoms with van der Waals surface area (Å²) < 4.78 is 0.714. The summed E-state index contributed by atoms with van der Waals surface area (Å²) in [6, 6.07) is 3.68. The molecular formula is C13H17ClOS. The molecule has 0 N–H and O–H groups in total. The molecule has 1 aromatic rings. The molecule has 88 valence electrons. The fourth-order valence-electron chi connectivity index (χ4n) is 2.48. The van der Waals surface area contributed by atoms with Gasteiger partial charge in [0.15, 0.2) is 5.78 Å². The summed E-state index contributed by atoms with van der Waals surface area (Å²) in [5, 5.41) is 0. The highest BCUT2D eigenvalue weighted by molar-refractivity contribution is 7.18. The first-order chi connectivity index (χ1) is 7.70. The predicted octanol–water partition coefficient (Wildman–Crippen LogP) is 4.80. The number of hydrogen-bond acceptors (Lipinski definition) is 2. The Hall–Kier alpha value is -0.340. The molecule has 0 spiro atoms. The zero-order valence-electron chi connectivity index (χ0n) is 9.54. The molecule has 1 aliphatic carbocycles. The van der Waals surface area contributed by atoms with E-state index in [1.165, 1.54) is 30.6 Å². The lowest BCUT2D eigenvalue weighted by atomic mass is 9.79. The lowest BCUT2D eigenvalue weighted by Gasteiger charge is -2.26.